The average molecular weight is 452 g/mol. The van der Waals surface area contributed by atoms with Crippen LogP contribution in [0.2, 0.25) is 5.02 Å². The van der Waals surface area contributed by atoms with E-state index in [0.717, 1.165) is 30.4 Å². The summed E-state index contributed by atoms with van der Waals surface area (Å²) in [5.74, 6) is 0.661. The molecule has 32 heavy (non-hydrogen) atoms. The van der Waals surface area contributed by atoms with E-state index in [1.165, 1.54) is 6.07 Å². The van der Waals surface area contributed by atoms with Gasteiger partial charge in [0.15, 0.2) is 0 Å². The van der Waals surface area contributed by atoms with Crippen molar-refractivity contribution in [2.75, 3.05) is 13.2 Å². The number of nitrogens with zero attached hydrogens (tertiary/aromatic N) is 2. The molecule has 0 spiro atoms. The number of aromatic amines is 1. The number of rotatable bonds is 9. The van der Waals surface area contributed by atoms with Gasteiger partial charge >= 0.3 is 0 Å². The lowest BCUT2D eigenvalue weighted by atomic mass is 9.95. The van der Waals surface area contributed by atoms with Gasteiger partial charge < -0.3 is 14.7 Å². The first-order chi connectivity index (χ1) is 15.5. The summed E-state index contributed by atoms with van der Waals surface area (Å²) in [6, 6.07) is 12.2. The zero-order valence-electron chi connectivity index (χ0n) is 18.0. The lowest BCUT2D eigenvalue weighted by Crippen LogP contribution is -2.30. The fraction of sp³-hybridized carbons (Fsp3) is 0.280. The van der Waals surface area contributed by atoms with E-state index in [4.69, 9.17) is 16.3 Å². The fourth-order valence-electron chi connectivity index (χ4n) is 4.14. The number of phenolic OH excluding ortho intramolecular Hbond substituents is 1. The van der Waals surface area contributed by atoms with Gasteiger partial charge in [0.2, 0.25) is 0 Å². The normalized spacial score (nSPS) is 15.1. The highest BCUT2D eigenvalue weighted by Crippen LogP contribution is 2.45. The van der Waals surface area contributed by atoms with Crippen molar-refractivity contribution in [1.82, 2.24) is 15.1 Å². The smallest absolute Gasteiger partial charge is 0.273 e. The van der Waals surface area contributed by atoms with Crippen LogP contribution in [0.15, 0.2) is 55.1 Å². The summed E-state index contributed by atoms with van der Waals surface area (Å²) < 4.78 is 5.73. The maximum atomic E-state index is 13.3. The van der Waals surface area contributed by atoms with Crippen LogP contribution in [0.4, 0.5) is 0 Å². The molecule has 2 heterocycles. The molecule has 0 aliphatic carbocycles. The highest BCUT2D eigenvalue weighted by Gasteiger charge is 2.42. The maximum Gasteiger partial charge on any atom is 0.273 e. The second-order valence-corrected chi connectivity index (χ2v) is 8.24. The van der Waals surface area contributed by atoms with Crippen LogP contribution in [0.1, 0.15) is 53.8 Å². The molecular formula is C25H26ClN3O3. The molecule has 1 atom stereocenters. The first kappa shape index (κ1) is 22.0. The van der Waals surface area contributed by atoms with Gasteiger partial charge in [0, 0.05) is 22.7 Å². The third kappa shape index (κ3) is 4.10. The van der Waals surface area contributed by atoms with Crippen LogP contribution in [-0.2, 0) is 0 Å². The van der Waals surface area contributed by atoms with Crippen molar-refractivity contribution in [2.45, 2.75) is 32.2 Å². The predicted octanol–water partition coefficient (Wildman–Crippen LogP) is 5.74. The van der Waals surface area contributed by atoms with Crippen LogP contribution in [0.25, 0.3) is 11.3 Å². The largest absolute Gasteiger partial charge is 0.507 e. The Morgan fingerprint density at radius 1 is 1.28 bits per heavy atom. The second kappa shape index (κ2) is 9.49. The molecular weight excluding hydrogens is 426 g/mol. The average Bonchev–Trinajstić information content (AvgIpc) is 3.33. The summed E-state index contributed by atoms with van der Waals surface area (Å²) in [4.78, 5) is 15.2. The number of carbonyl (C=O) groups excluding carboxylic acids is 1. The lowest BCUT2D eigenvalue weighted by molar-refractivity contribution is 0.0740. The molecule has 166 valence electrons. The predicted molar refractivity (Wildman–Crippen MR) is 125 cm³/mol. The fourth-order valence-corrected chi connectivity index (χ4v) is 4.31. The molecule has 0 radical (unpaired) electrons. The van der Waals surface area contributed by atoms with Crippen LogP contribution < -0.4 is 4.74 Å². The van der Waals surface area contributed by atoms with Gasteiger partial charge in [0.1, 0.15) is 29.5 Å². The monoisotopic (exact) mass is 451 g/mol. The molecule has 0 saturated carbocycles. The van der Waals surface area contributed by atoms with Gasteiger partial charge in [-0.1, -0.05) is 56.2 Å². The molecule has 1 amide bonds. The van der Waals surface area contributed by atoms with Gasteiger partial charge in [-0.15, -0.1) is 0 Å². The number of carbonyl (C=O) groups is 1. The number of halogens is 1. The number of hydrogen-bond donors (Lipinski definition) is 2. The number of amides is 1. The number of aromatic nitrogens is 2. The number of aromatic hydroxyl groups is 1. The number of hydrogen-bond acceptors (Lipinski definition) is 4. The van der Waals surface area contributed by atoms with Crippen molar-refractivity contribution in [2.24, 2.45) is 0 Å². The topological polar surface area (TPSA) is 78.5 Å². The number of benzene rings is 2. The second-order valence-electron chi connectivity index (χ2n) is 7.80. The zero-order valence-corrected chi connectivity index (χ0v) is 18.7. The number of fused-ring (bicyclic) bond motifs is 1. The standard InChI is InChI=1S/C25H26ClN3O3/c1-3-5-6-12-29-24(16-8-7-9-18(14-16)32-13-4-2)21-22(27-28-23(21)25(29)31)19-15-17(26)10-11-20(19)30/h4,7-11,14-15,24,30H,2-3,5-6,12-13H2,1H3,(H,27,28). The molecule has 6 nitrogen and oxygen atoms in total. The molecule has 0 fully saturated rings. The zero-order chi connectivity index (χ0) is 22.7. The molecule has 1 unspecified atom stereocenters. The molecule has 4 rings (SSSR count). The minimum atomic E-state index is -0.353. The highest BCUT2D eigenvalue weighted by atomic mass is 35.5. The van der Waals surface area contributed by atoms with Gasteiger partial charge in [-0.2, -0.15) is 5.10 Å². The molecule has 2 N–H and O–H groups in total. The van der Waals surface area contributed by atoms with Crippen molar-refractivity contribution in [3.8, 4) is 22.8 Å². The highest BCUT2D eigenvalue weighted by molar-refractivity contribution is 6.31. The third-order valence-electron chi connectivity index (χ3n) is 5.62. The maximum absolute atomic E-state index is 13.3. The van der Waals surface area contributed by atoms with Crippen LogP contribution in [0, 0.1) is 0 Å². The van der Waals surface area contributed by atoms with Crippen LogP contribution in [0.5, 0.6) is 11.5 Å². The van der Waals surface area contributed by atoms with Crippen LogP contribution >= 0.6 is 11.6 Å². The molecule has 3 aromatic rings. The minimum Gasteiger partial charge on any atom is -0.507 e. The Morgan fingerprint density at radius 3 is 2.91 bits per heavy atom. The summed E-state index contributed by atoms with van der Waals surface area (Å²) in [5.41, 5.74) is 3.11. The number of ether oxygens (including phenoxy) is 1. The first-order valence-electron chi connectivity index (χ1n) is 10.8. The molecule has 0 bridgehead atoms. The molecule has 1 aliphatic rings. The molecule has 1 aliphatic heterocycles. The third-order valence-corrected chi connectivity index (χ3v) is 5.86. The van der Waals surface area contributed by atoms with E-state index in [0.29, 0.717) is 40.9 Å². The number of H-pyrrole nitrogens is 1. The van der Waals surface area contributed by atoms with Gasteiger partial charge in [-0.3, -0.25) is 9.89 Å². The van der Waals surface area contributed by atoms with E-state index in [1.54, 1.807) is 18.2 Å². The Morgan fingerprint density at radius 2 is 2.12 bits per heavy atom. The Balaban J connectivity index is 1.83. The van der Waals surface area contributed by atoms with Crippen molar-refractivity contribution < 1.29 is 14.6 Å². The Labute approximate surface area is 192 Å². The summed E-state index contributed by atoms with van der Waals surface area (Å²) in [6.45, 7) is 6.85. The SMILES string of the molecule is C=CCOc1cccc(C2c3c(-c4cc(Cl)ccc4O)n[nH]c3C(=O)N2CCCCC)c1. The summed E-state index contributed by atoms with van der Waals surface area (Å²) in [6.07, 6.45) is 4.69. The van der Waals surface area contributed by atoms with E-state index in [-0.39, 0.29) is 17.7 Å². The van der Waals surface area contributed by atoms with E-state index in [1.807, 2.05) is 29.2 Å². The van der Waals surface area contributed by atoms with Gasteiger partial charge in [0.25, 0.3) is 5.91 Å². The number of phenols is 1. The van der Waals surface area contributed by atoms with E-state index >= 15 is 0 Å². The molecule has 7 heteroatoms. The van der Waals surface area contributed by atoms with Gasteiger partial charge in [-0.05, 0) is 42.3 Å². The van der Waals surface area contributed by atoms with Crippen molar-refractivity contribution >= 4 is 17.5 Å². The van der Waals surface area contributed by atoms with Crippen molar-refractivity contribution in [1.29, 1.82) is 0 Å². The molecule has 1 aromatic heterocycles. The lowest BCUT2D eigenvalue weighted by Gasteiger charge is -2.26. The van der Waals surface area contributed by atoms with E-state index in [2.05, 4.69) is 23.7 Å². The number of nitrogens with one attached hydrogen (secondary N) is 1. The Bertz CT molecular complexity index is 1140. The van der Waals surface area contributed by atoms with Gasteiger partial charge in [0.05, 0.1) is 6.04 Å². The number of unbranched alkanes of at least 4 members (excludes halogenated alkanes) is 2. The van der Waals surface area contributed by atoms with Crippen molar-refractivity contribution in [3.05, 3.63) is 77.0 Å². The van der Waals surface area contributed by atoms with Crippen LogP contribution in [-0.4, -0.2) is 39.3 Å². The van der Waals surface area contributed by atoms with Crippen LogP contribution in [0.3, 0.4) is 0 Å². The summed E-state index contributed by atoms with van der Waals surface area (Å²) in [5, 5.41) is 18.3. The first-order valence-corrected chi connectivity index (χ1v) is 11.1. The quantitative estimate of drug-likeness (QED) is 0.321. The Hall–Kier alpha value is -3.25. The van der Waals surface area contributed by atoms with E-state index in [9.17, 15) is 9.90 Å². The van der Waals surface area contributed by atoms with Gasteiger partial charge in [-0.25, -0.2) is 0 Å². The Kier molecular flexibility index (Phi) is 6.51. The summed E-state index contributed by atoms with van der Waals surface area (Å²) >= 11 is 6.20. The summed E-state index contributed by atoms with van der Waals surface area (Å²) in [7, 11) is 0. The molecule has 2 aromatic carbocycles. The van der Waals surface area contributed by atoms with E-state index < -0.39 is 0 Å². The molecule has 0 saturated heterocycles. The minimum absolute atomic E-state index is 0.0578. The van der Waals surface area contributed by atoms with Crippen molar-refractivity contribution in [3.63, 3.8) is 0 Å².